The Morgan fingerprint density at radius 3 is 0.759 bits per heavy atom. The lowest BCUT2D eigenvalue weighted by Crippen LogP contribution is -2.36. The van der Waals surface area contributed by atoms with Crippen molar-refractivity contribution in [2.45, 2.75) is 130 Å². The average Bonchev–Trinajstić information content (AvgIpc) is 3.21. The summed E-state index contributed by atoms with van der Waals surface area (Å²) in [6.45, 7) is 7.02. The van der Waals surface area contributed by atoms with Crippen molar-refractivity contribution >= 4 is 47.5 Å². The standard InChI is InChI=1S/C42H66N4O12/c1-5-9-13-17-35(47)55-25-21-43-39(51)31-29-33(41(53)45-23-27-57-37(49)19-15-11-7-3)34(42(54)46-24-28-58-38(50)20-16-12-8-4)30-32(31)40(52)44-22-26-56-36(48)18-14-10-6-2/h29-30H,5-28H2,1-4H3,(H,43,51)(H,44,52)(H,45,53)(H,46,54). The molecule has 0 saturated heterocycles. The van der Waals surface area contributed by atoms with Crippen LogP contribution in [0.1, 0.15) is 172 Å². The second-order valence-corrected chi connectivity index (χ2v) is 13.7. The molecule has 1 aromatic carbocycles. The highest BCUT2D eigenvalue weighted by molar-refractivity contribution is 6.14. The van der Waals surface area contributed by atoms with Gasteiger partial charge in [0.05, 0.1) is 48.4 Å². The van der Waals surface area contributed by atoms with Crippen molar-refractivity contribution in [1.82, 2.24) is 21.3 Å². The van der Waals surface area contributed by atoms with E-state index in [0.717, 1.165) is 63.5 Å². The Labute approximate surface area is 343 Å². The predicted octanol–water partition coefficient (Wildman–Crippen LogP) is 5.10. The summed E-state index contributed by atoms with van der Waals surface area (Å²) in [5.41, 5.74) is -1.08. The molecule has 0 radical (unpaired) electrons. The first-order valence-electron chi connectivity index (χ1n) is 20.9. The van der Waals surface area contributed by atoms with Crippen LogP contribution in [-0.4, -0.2) is 100 Å². The maximum absolute atomic E-state index is 13.6. The molecule has 0 atom stereocenters. The number of unbranched alkanes of at least 4 members (excludes halogenated alkanes) is 8. The van der Waals surface area contributed by atoms with E-state index in [4.69, 9.17) is 18.9 Å². The van der Waals surface area contributed by atoms with Crippen LogP contribution in [0.3, 0.4) is 0 Å². The van der Waals surface area contributed by atoms with Crippen LogP contribution >= 0.6 is 0 Å². The van der Waals surface area contributed by atoms with Crippen LogP contribution in [-0.2, 0) is 38.1 Å². The van der Waals surface area contributed by atoms with Crippen LogP contribution in [0.2, 0.25) is 0 Å². The van der Waals surface area contributed by atoms with E-state index < -0.39 is 47.5 Å². The molecule has 0 bridgehead atoms. The summed E-state index contributed by atoms with van der Waals surface area (Å²) in [7, 11) is 0. The van der Waals surface area contributed by atoms with Gasteiger partial charge < -0.3 is 40.2 Å². The Morgan fingerprint density at radius 2 is 0.569 bits per heavy atom. The highest BCUT2D eigenvalue weighted by atomic mass is 16.5. The molecule has 0 aromatic heterocycles. The van der Waals surface area contributed by atoms with Gasteiger partial charge in [0, 0.05) is 25.7 Å². The van der Waals surface area contributed by atoms with E-state index in [0.29, 0.717) is 25.7 Å². The molecule has 4 amide bonds. The lowest BCUT2D eigenvalue weighted by Gasteiger charge is -2.17. The Balaban J connectivity index is 3.33. The minimum atomic E-state index is -0.800. The Morgan fingerprint density at radius 1 is 0.362 bits per heavy atom. The van der Waals surface area contributed by atoms with Crippen LogP contribution in [0.5, 0.6) is 0 Å². The first kappa shape index (κ1) is 51.0. The van der Waals surface area contributed by atoms with Gasteiger partial charge in [0.2, 0.25) is 0 Å². The lowest BCUT2D eigenvalue weighted by molar-refractivity contribution is -0.144. The highest BCUT2D eigenvalue weighted by Crippen LogP contribution is 2.19. The van der Waals surface area contributed by atoms with Gasteiger partial charge in [-0.2, -0.15) is 0 Å². The van der Waals surface area contributed by atoms with E-state index in [1.165, 1.54) is 0 Å². The number of hydrogen-bond acceptors (Lipinski definition) is 12. The topological polar surface area (TPSA) is 222 Å². The number of esters is 4. The van der Waals surface area contributed by atoms with Crippen LogP contribution in [0.4, 0.5) is 0 Å². The summed E-state index contributed by atoms with van der Waals surface area (Å²) in [6, 6.07) is 2.20. The third-order valence-electron chi connectivity index (χ3n) is 8.68. The molecule has 0 fully saturated rings. The Kier molecular flexibility index (Phi) is 28.1. The summed E-state index contributed by atoms with van der Waals surface area (Å²) in [4.78, 5) is 103. The van der Waals surface area contributed by atoms with Gasteiger partial charge in [0.15, 0.2) is 0 Å². The molecule has 0 aliphatic rings. The summed E-state index contributed by atoms with van der Waals surface area (Å²) in [5, 5.41) is 10.4. The normalized spacial score (nSPS) is 10.6. The largest absolute Gasteiger partial charge is 0.464 e. The van der Waals surface area contributed by atoms with Gasteiger partial charge >= 0.3 is 23.9 Å². The smallest absolute Gasteiger partial charge is 0.305 e. The third kappa shape index (κ3) is 22.7. The van der Waals surface area contributed by atoms with Crippen LogP contribution in [0, 0.1) is 0 Å². The van der Waals surface area contributed by atoms with Crippen LogP contribution < -0.4 is 21.3 Å². The third-order valence-corrected chi connectivity index (χ3v) is 8.68. The lowest BCUT2D eigenvalue weighted by atomic mass is 9.95. The summed E-state index contributed by atoms with van der Waals surface area (Å²) < 4.78 is 20.8. The van der Waals surface area contributed by atoms with Crippen molar-refractivity contribution in [3.8, 4) is 0 Å². The fourth-order valence-electron chi connectivity index (χ4n) is 5.42. The van der Waals surface area contributed by atoms with E-state index in [1.54, 1.807) is 0 Å². The van der Waals surface area contributed by atoms with Gasteiger partial charge in [-0.1, -0.05) is 79.1 Å². The summed E-state index contributed by atoms with van der Waals surface area (Å²) in [6.07, 6.45) is 10.9. The van der Waals surface area contributed by atoms with E-state index in [2.05, 4.69) is 21.3 Å². The van der Waals surface area contributed by atoms with E-state index in [1.807, 2.05) is 27.7 Å². The molecule has 326 valence electrons. The highest BCUT2D eigenvalue weighted by Gasteiger charge is 2.26. The summed E-state index contributed by atoms with van der Waals surface area (Å²) >= 11 is 0. The maximum atomic E-state index is 13.6. The van der Waals surface area contributed by atoms with Crippen molar-refractivity contribution < 1.29 is 57.3 Å². The molecular formula is C42H66N4O12. The number of ether oxygens (including phenoxy) is 4. The maximum Gasteiger partial charge on any atom is 0.305 e. The molecule has 0 saturated carbocycles. The molecule has 16 heteroatoms. The van der Waals surface area contributed by atoms with Crippen molar-refractivity contribution in [1.29, 1.82) is 0 Å². The SMILES string of the molecule is CCCCCC(=O)OCCNC(=O)c1cc(C(=O)NCCOC(=O)CCCCC)c(C(=O)NCCOC(=O)CCCCC)cc1C(=O)NCCOC(=O)CCCCC. The molecule has 58 heavy (non-hydrogen) atoms. The molecule has 1 aromatic rings. The number of carbonyl (C=O) groups is 8. The van der Waals surface area contributed by atoms with E-state index in [-0.39, 0.29) is 101 Å². The Hall–Kier alpha value is -5.02. The zero-order valence-corrected chi connectivity index (χ0v) is 35.0. The average molecular weight is 819 g/mol. The minimum Gasteiger partial charge on any atom is -0.464 e. The van der Waals surface area contributed by atoms with Gasteiger partial charge in [0.25, 0.3) is 23.6 Å². The summed E-state index contributed by atoms with van der Waals surface area (Å²) in [5.74, 6) is -4.86. The monoisotopic (exact) mass is 818 g/mol. The second-order valence-electron chi connectivity index (χ2n) is 13.7. The number of amides is 4. The zero-order chi connectivity index (χ0) is 43.0. The number of rotatable bonds is 32. The molecule has 0 aliphatic carbocycles. The first-order valence-corrected chi connectivity index (χ1v) is 20.9. The molecule has 0 spiro atoms. The number of benzene rings is 1. The number of hydrogen-bond donors (Lipinski definition) is 4. The molecule has 0 heterocycles. The van der Waals surface area contributed by atoms with E-state index >= 15 is 0 Å². The van der Waals surface area contributed by atoms with Gasteiger partial charge in [-0.3, -0.25) is 38.4 Å². The van der Waals surface area contributed by atoms with Gasteiger partial charge in [0.1, 0.15) is 26.4 Å². The predicted molar refractivity (Wildman–Crippen MR) is 216 cm³/mol. The van der Waals surface area contributed by atoms with E-state index in [9.17, 15) is 38.4 Å². The molecule has 0 aliphatic heterocycles. The van der Waals surface area contributed by atoms with Crippen molar-refractivity contribution in [2.75, 3.05) is 52.6 Å². The Bertz CT molecular complexity index is 1260. The number of carbonyl (C=O) groups excluding carboxylic acids is 8. The van der Waals surface area contributed by atoms with Gasteiger partial charge in [-0.05, 0) is 37.8 Å². The van der Waals surface area contributed by atoms with Crippen molar-refractivity contribution in [3.05, 3.63) is 34.4 Å². The fraction of sp³-hybridized carbons (Fsp3) is 0.667. The van der Waals surface area contributed by atoms with Crippen molar-refractivity contribution in [3.63, 3.8) is 0 Å². The van der Waals surface area contributed by atoms with Gasteiger partial charge in [-0.25, -0.2) is 0 Å². The molecule has 0 unspecified atom stereocenters. The van der Waals surface area contributed by atoms with Gasteiger partial charge in [-0.15, -0.1) is 0 Å². The second kappa shape index (κ2) is 32.0. The number of nitrogens with one attached hydrogen (secondary N) is 4. The zero-order valence-electron chi connectivity index (χ0n) is 35.0. The molecule has 4 N–H and O–H groups in total. The minimum absolute atomic E-state index is 0.113. The molecular weight excluding hydrogens is 752 g/mol. The molecule has 16 nitrogen and oxygen atoms in total. The molecule has 1 rings (SSSR count). The van der Waals surface area contributed by atoms with Crippen LogP contribution in [0.15, 0.2) is 12.1 Å². The van der Waals surface area contributed by atoms with Crippen molar-refractivity contribution in [2.24, 2.45) is 0 Å². The first-order chi connectivity index (χ1) is 28.0. The fourth-order valence-corrected chi connectivity index (χ4v) is 5.42. The quantitative estimate of drug-likeness (QED) is 0.0424. The van der Waals surface area contributed by atoms with Crippen LogP contribution in [0.25, 0.3) is 0 Å².